The van der Waals surface area contributed by atoms with Gasteiger partial charge in [0.2, 0.25) is 0 Å². The van der Waals surface area contributed by atoms with Crippen molar-refractivity contribution < 1.29 is 24.1 Å². The van der Waals surface area contributed by atoms with Crippen LogP contribution in [0, 0.1) is 33.0 Å². The van der Waals surface area contributed by atoms with Crippen LogP contribution in [0.25, 0.3) is 11.1 Å². The number of hydrogen-bond acceptors (Lipinski definition) is 8. The van der Waals surface area contributed by atoms with Crippen molar-refractivity contribution in [2.45, 2.75) is 6.92 Å². The van der Waals surface area contributed by atoms with Crippen LogP contribution in [0.3, 0.4) is 0 Å². The maximum Gasteiger partial charge on any atom is 0.338 e. The number of carboxylic acids is 1. The molecular formula is C18H13FN6O6. The molecule has 0 saturated carbocycles. The zero-order valence-electron chi connectivity index (χ0n) is 16.0. The molecule has 3 aromatic rings. The first kappa shape index (κ1) is 19.8. The summed E-state index contributed by atoms with van der Waals surface area (Å²) in [7, 11) is 1.55. The van der Waals surface area contributed by atoms with E-state index in [2.05, 4.69) is 10.5 Å². The molecule has 12 nitrogen and oxygen atoms in total. The van der Waals surface area contributed by atoms with Gasteiger partial charge in [-0.05, 0) is 25.1 Å². The van der Waals surface area contributed by atoms with Crippen LogP contribution in [-0.4, -0.2) is 30.7 Å². The molecule has 31 heavy (non-hydrogen) atoms. The second-order valence-electron chi connectivity index (χ2n) is 6.73. The Kier molecular flexibility index (Phi) is 4.31. The van der Waals surface area contributed by atoms with Crippen LogP contribution in [0.2, 0.25) is 0 Å². The first-order valence-corrected chi connectivity index (χ1v) is 8.70. The molecular weight excluding hydrogens is 415 g/mol. The fourth-order valence-corrected chi connectivity index (χ4v) is 3.63. The number of rotatable bonds is 4. The number of hydrogen-bond donors (Lipinski definition) is 2. The maximum atomic E-state index is 13.9. The SMILES string of the molecule is Cc1nn(C)c2c1-c1ccc(F)cc1NN2c1c(C(=O)O)cc([N+](=O)[O-])cc1[N+](=O)[O-]. The standard InChI is InChI=1S/C18H13FN6O6/c1-8-15-11-4-3-9(19)5-13(11)21-23(17(15)22(2)20-8)16-12(18(26)27)6-10(24(28)29)7-14(16)25(30)31/h3-7,21H,1-2H3,(H,26,27). The first-order chi connectivity index (χ1) is 14.6. The van der Waals surface area contributed by atoms with Crippen LogP contribution in [0.5, 0.6) is 0 Å². The Morgan fingerprint density at radius 2 is 1.90 bits per heavy atom. The van der Waals surface area contributed by atoms with Crippen LogP contribution in [-0.2, 0) is 7.05 Å². The molecule has 0 saturated heterocycles. The molecule has 2 heterocycles. The summed E-state index contributed by atoms with van der Waals surface area (Å²) < 4.78 is 15.3. The van der Waals surface area contributed by atoms with E-state index in [0.29, 0.717) is 22.9 Å². The van der Waals surface area contributed by atoms with Crippen molar-refractivity contribution in [2.24, 2.45) is 7.05 Å². The first-order valence-electron chi connectivity index (χ1n) is 8.70. The largest absolute Gasteiger partial charge is 0.478 e. The Morgan fingerprint density at radius 1 is 1.19 bits per heavy atom. The normalized spacial score (nSPS) is 12.0. The van der Waals surface area contributed by atoms with Gasteiger partial charge in [0.1, 0.15) is 5.82 Å². The van der Waals surface area contributed by atoms with E-state index >= 15 is 0 Å². The monoisotopic (exact) mass is 428 g/mol. The third-order valence-corrected chi connectivity index (χ3v) is 4.82. The highest BCUT2D eigenvalue weighted by Crippen LogP contribution is 2.48. The number of nitro benzene ring substituents is 2. The Hall–Kier alpha value is -4.55. The zero-order chi connectivity index (χ0) is 22.6. The van der Waals surface area contributed by atoms with Gasteiger partial charge in [-0.25, -0.2) is 14.2 Å². The molecule has 0 amide bonds. The molecule has 158 valence electrons. The van der Waals surface area contributed by atoms with Crippen molar-refractivity contribution >= 4 is 34.5 Å². The number of fused-ring (bicyclic) bond motifs is 3. The molecule has 13 heteroatoms. The minimum Gasteiger partial charge on any atom is -0.478 e. The molecule has 2 N–H and O–H groups in total. The van der Waals surface area contributed by atoms with E-state index in [-0.39, 0.29) is 11.5 Å². The summed E-state index contributed by atoms with van der Waals surface area (Å²) >= 11 is 0. The van der Waals surface area contributed by atoms with E-state index in [1.807, 2.05) is 0 Å². The molecule has 2 aromatic carbocycles. The van der Waals surface area contributed by atoms with E-state index in [1.54, 1.807) is 14.0 Å². The number of aromatic nitrogens is 2. The molecule has 0 bridgehead atoms. The topological polar surface area (TPSA) is 157 Å². The molecule has 1 aliphatic heterocycles. The fourth-order valence-electron chi connectivity index (χ4n) is 3.63. The Morgan fingerprint density at radius 3 is 2.52 bits per heavy atom. The number of nitrogens with zero attached hydrogens (tertiary/aromatic N) is 5. The van der Waals surface area contributed by atoms with Crippen molar-refractivity contribution in [3.05, 3.63) is 67.6 Å². The number of carbonyl (C=O) groups is 1. The molecule has 1 aromatic heterocycles. The molecule has 4 rings (SSSR count). The maximum absolute atomic E-state index is 13.9. The lowest BCUT2D eigenvalue weighted by molar-refractivity contribution is -0.393. The average Bonchev–Trinajstić information content (AvgIpc) is 3.00. The third kappa shape index (κ3) is 2.99. The van der Waals surface area contributed by atoms with Crippen molar-refractivity contribution in [3.8, 4) is 11.1 Å². The van der Waals surface area contributed by atoms with Crippen molar-refractivity contribution in [2.75, 3.05) is 10.4 Å². The number of halogens is 1. The Balaban J connectivity index is 2.08. The fraction of sp³-hybridized carbons (Fsp3) is 0.111. The molecule has 0 aliphatic carbocycles. The summed E-state index contributed by atoms with van der Waals surface area (Å²) in [5.41, 5.74) is 1.88. The molecule has 0 unspecified atom stereocenters. The number of carboxylic acid groups (broad SMARTS) is 1. The van der Waals surface area contributed by atoms with Crippen molar-refractivity contribution in [3.63, 3.8) is 0 Å². The van der Waals surface area contributed by atoms with E-state index in [9.17, 15) is 34.5 Å². The molecule has 0 radical (unpaired) electrons. The number of nitro groups is 2. The number of non-ortho nitro benzene ring substituents is 1. The average molecular weight is 428 g/mol. The number of anilines is 3. The van der Waals surface area contributed by atoms with Crippen LogP contribution in [0.1, 0.15) is 16.1 Å². The van der Waals surface area contributed by atoms with Gasteiger partial charge in [-0.15, -0.1) is 0 Å². The highest BCUT2D eigenvalue weighted by Gasteiger charge is 2.37. The van der Waals surface area contributed by atoms with Gasteiger partial charge in [0, 0.05) is 18.7 Å². The highest BCUT2D eigenvalue weighted by molar-refractivity contribution is 6.03. The van der Waals surface area contributed by atoms with Gasteiger partial charge in [0.05, 0.1) is 38.4 Å². The molecule has 0 spiro atoms. The lowest BCUT2D eigenvalue weighted by Gasteiger charge is -2.32. The van der Waals surface area contributed by atoms with Crippen molar-refractivity contribution in [1.29, 1.82) is 0 Å². The minimum absolute atomic E-state index is 0.215. The minimum atomic E-state index is -1.62. The summed E-state index contributed by atoms with van der Waals surface area (Å²) in [6, 6.07) is 5.30. The molecule has 0 atom stereocenters. The van der Waals surface area contributed by atoms with Gasteiger partial charge in [0.25, 0.3) is 5.69 Å². The van der Waals surface area contributed by atoms with E-state index in [1.165, 1.54) is 16.8 Å². The van der Waals surface area contributed by atoms with E-state index in [4.69, 9.17) is 0 Å². The zero-order valence-corrected chi connectivity index (χ0v) is 16.0. The predicted molar refractivity (Wildman–Crippen MR) is 106 cm³/mol. The molecule has 0 fully saturated rings. The van der Waals surface area contributed by atoms with Gasteiger partial charge in [0.15, 0.2) is 11.5 Å². The molecule has 1 aliphatic rings. The third-order valence-electron chi connectivity index (χ3n) is 4.82. The van der Waals surface area contributed by atoms with Crippen LogP contribution < -0.4 is 10.4 Å². The van der Waals surface area contributed by atoms with Gasteiger partial charge >= 0.3 is 11.7 Å². The summed E-state index contributed by atoms with van der Waals surface area (Å²) in [5, 5.41) is 38.0. The van der Waals surface area contributed by atoms with Gasteiger partial charge < -0.3 is 5.11 Å². The summed E-state index contributed by atoms with van der Waals surface area (Å²) in [4.78, 5) is 33.1. The quantitative estimate of drug-likeness (QED) is 0.468. The lowest BCUT2D eigenvalue weighted by atomic mass is 10.0. The number of benzene rings is 2. The Bertz CT molecular complexity index is 1270. The Labute approximate surface area is 172 Å². The highest BCUT2D eigenvalue weighted by atomic mass is 19.1. The van der Waals surface area contributed by atoms with Gasteiger partial charge in [-0.2, -0.15) is 5.10 Å². The predicted octanol–water partition coefficient (Wildman–Crippen LogP) is 3.53. The van der Waals surface area contributed by atoms with Gasteiger partial charge in [-0.3, -0.25) is 30.3 Å². The summed E-state index contributed by atoms with van der Waals surface area (Å²) in [5.74, 6) is -1.96. The number of nitrogens with one attached hydrogen (secondary N) is 1. The number of aryl methyl sites for hydroxylation is 2. The van der Waals surface area contributed by atoms with Crippen LogP contribution >= 0.6 is 0 Å². The smallest absolute Gasteiger partial charge is 0.338 e. The van der Waals surface area contributed by atoms with E-state index < -0.39 is 44.3 Å². The van der Waals surface area contributed by atoms with Gasteiger partial charge in [-0.1, -0.05) is 0 Å². The van der Waals surface area contributed by atoms with Crippen LogP contribution in [0.4, 0.5) is 33.0 Å². The number of hydrazine groups is 1. The summed E-state index contributed by atoms with van der Waals surface area (Å²) in [6.07, 6.45) is 0. The second kappa shape index (κ2) is 6.76. The number of aromatic carboxylic acids is 1. The second-order valence-corrected chi connectivity index (χ2v) is 6.73. The van der Waals surface area contributed by atoms with Crippen molar-refractivity contribution in [1.82, 2.24) is 9.78 Å². The lowest BCUT2D eigenvalue weighted by Crippen LogP contribution is -2.32. The summed E-state index contributed by atoms with van der Waals surface area (Å²) in [6.45, 7) is 1.68. The van der Waals surface area contributed by atoms with Crippen LogP contribution in [0.15, 0.2) is 30.3 Å². The van der Waals surface area contributed by atoms with E-state index in [0.717, 1.165) is 17.1 Å².